The van der Waals surface area contributed by atoms with Crippen molar-refractivity contribution in [2.45, 2.75) is 471 Å². The SMILES string of the molecule is CC/C=C\C/C=C\C/C=C\C/C=C\C/C=C\CCCCCCCCCCCCCCCCCCCCCCCCCCCC(=O)NC(COC1OC(CO)C(OC2OC(CO)C(OC3OC(CO)C(O)C(O)C3O)C(O)C2O)C(O)C1O)C(O)/C=C/CC/C=C/CC/C=C/CCCCCCCCCCCCCCCCCCCC. The number of amides is 1. The summed E-state index contributed by atoms with van der Waals surface area (Å²) in [6.45, 7) is 1.64. The monoisotopic (exact) mass is 1610 g/mol. The van der Waals surface area contributed by atoms with Gasteiger partial charge in [0.15, 0.2) is 18.9 Å². The summed E-state index contributed by atoms with van der Waals surface area (Å²) in [6.07, 6.45) is 75.8. The van der Waals surface area contributed by atoms with Gasteiger partial charge in [-0.3, -0.25) is 4.79 Å². The zero-order valence-corrected chi connectivity index (χ0v) is 71.5. The maximum absolute atomic E-state index is 13.5. The third-order valence-corrected chi connectivity index (χ3v) is 22.6. The van der Waals surface area contributed by atoms with Crippen molar-refractivity contribution in [3.63, 3.8) is 0 Å². The van der Waals surface area contributed by atoms with Gasteiger partial charge in [0.25, 0.3) is 0 Å². The van der Waals surface area contributed by atoms with Crippen LogP contribution in [0.3, 0.4) is 0 Å². The number of hydrogen-bond acceptors (Lipinski definition) is 18. The molecule has 0 aromatic heterocycles. The topological polar surface area (TPSA) is 307 Å². The number of carbonyl (C=O) groups is 1. The minimum absolute atomic E-state index is 0.232. The largest absolute Gasteiger partial charge is 0.394 e. The van der Waals surface area contributed by atoms with E-state index in [0.717, 1.165) is 77.0 Å². The lowest BCUT2D eigenvalue weighted by Gasteiger charge is -2.48. The number of nitrogens with one attached hydrogen (secondary N) is 1. The van der Waals surface area contributed by atoms with Gasteiger partial charge >= 0.3 is 0 Å². The quantitative estimate of drug-likeness (QED) is 0.0199. The second-order valence-electron chi connectivity index (χ2n) is 32.7. The van der Waals surface area contributed by atoms with Gasteiger partial charge in [0.05, 0.1) is 38.6 Å². The molecular weight excluding hydrogens is 1440 g/mol. The fourth-order valence-electron chi connectivity index (χ4n) is 15.3. The first-order valence-corrected chi connectivity index (χ1v) is 46.5. The summed E-state index contributed by atoms with van der Waals surface area (Å²) in [6, 6.07) is -1.00. The van der Waals surface area contributed by atoms with E-state index in [0.29, 0.717) is 12.8 Å². The van der Waals surface area contributed by atoms with Crippen molar-refractivity contribution in [2.24, 2.45) is 0 Å². The van der Waals surface area contributed by atoms with E-state index in [1.165, 1.54) is 257 Å². The molecule has 3 saturated heterocycles. The summed E-state index contributed by atoms with van der Waals surface area (Å²) in [4.78, 5) is 13.5. The van der Waals surface area contributed by atoms with E-state index in [1.54, 1.807) is 6.08 Å². The highest BCUT2D eigenvalue weighted by Gasteiger charge is 2.54. The molecule has 12 N–H and O–H groups in total. The molecular formula is C95H169NO18. The minimum atomic E-state index is -1.99. The second-order valence-corrected chi connectivity index (χ2v) is 32.7. The second kappa shape index (κ2) is 73.6. The van der Waals surface area contributed by atoms with Crippen LogP contribution in [0.5, 0.6) is 0 Å². The number of ether oxygens (including phenoxy) is 6. The zero-order chi connectivity index (χ0) is 82.4. The fraction of sp³-hybridized carbons (Fsp3) is 0.821. The highest BCUT2D eigenvalue weighted by molar-refractivity contribution is 5.76. The van der Waals surface area contributed by atoms with E-state index in [-0.39, 0.29) is 18.9 Å². The number of aliphatic hydroxyl groups excluding tert-OH is 11. The molecule has 114 heavy (non-hydrogen) atoms. The molecule has 0 radical (unpaired) electrons. The average Bonchev–Trinajstić information content (AvgIpc) is 0.782. The summed E-state index contributed by atoms with van der Waals surface area (Å²) in [5.41, 5.74) is 0. The molecule has 3 aliphatic heterocycles. The Morgan fingerprint density at radius 2 is 0.614 bits per heavy atom. The number of rotatable bonds is 75. The van der Waals surface area contributed by atoms with E-state index < -0.39 is 124 Å². The maximum Gasteiger partial charge on any atom is 0.220 e. The Kier molecular flexibility index (Phi) is 67.7. The van der Waals surface area contributed by atoms with Crippen molar-refractivity contribution in [1.29, 1.82) is 0 Å². The number of hydrogen-bond donors (Lipinski definition) is 12. The van der Waals surface area contributed by atoms with Crippen molar-refractivity contribution < 1.29 is 89.4 Å². The third-order valence-electron chi connectivity index (χ3n) is 22.6. The van der Waals surface area contributed by atoms with Crippen LogP contribution in [-0.4, -0.2) is 193 Å². The van der Waals surface area contributed by atoms with Crippen LogP contribution in [0, 0.1) is 0 Å². The van der Waals surface area contributed by atoms with Crippen molar-refractivity contribution >= 4 is 5.91 Å². The normalized spacial score (nSPS) is 25.1. The highest BCUT2D eigenvalue weighted by atomic mass is 16.8. The zero-order valence-electron chi connectivity index (χ0n) is 71.5. The number of allylic oxidation sites excluding steroid dienone is 15. The Hall–Kier alpha value is -3.29. The average molecular weight is 1610 g/mol. The summed E-state index contributed by atoms with van der Waals surface area (Å²) >= 11 is 0. The Bertz CT molecular complexity index is 2430. The molecule has 0 bridgehead atoms. The molecule has 0 aromatic rings. The van der Waals surface area contributed by atoms with E-state index in [1.807, 2.05) is 6.08 Å². The first-order chi connectivity index (χ1) is 55.8. The van der Waals surface area contributed by atoms with Gasteiger partial charge in [0.2, 0.25) is 5.91 Å². The summed E-state index contributed by atoms with van der Waals surface area (Å²) in [5, 5.41) is 121. The molecule has 662 valence electrons. The summed E-state index contributed by atoms with van der Waals surface area (Å²) < 4.78 is 34.5. The van der Waals surface area contributed by atoms with E-state index >= 15 is 0 Å². The van der Waals surface area contributed by atoms with Gasteiger partial charge in [-0.05, 0) is 89.9 Å². The maximum atomic E-state index is 13.5. The van der Waals surface area contributed by atoms with Gasteiger partial charge in [-0.2, -0.15) is 0 Å². The van der Waals surface area contributed by atoms with Crippen LogP contribution in [0.25, 0.3) is 0 Å². The van der Waals surface area contributed by atoms with Crippen LogP contribution in [0.4, 0.5) is 0 Å². The number of carbonyl (C=O) groups excluding carboxylic acids is 1. The predicted octanol–water partition coefficient (Wildman–Crippen LogP) is 18.2. The van der Waals surface area contributed by atoms with Gasteiger partial charge in [0.1, 0.15) is 73.2 Å². The van der Waals surface area contributed by atoms with Crippen molar-refractivity contribution in [1.82, 2.24) is 5.32 Å². The van der Waals surface area contributed by atoms with Crippen molar-refractivity contribution in [3.8, 4) is 0 Å². The summed E-state index contributed by atoms with van der Waals surface area (Å²) in [5.74, 6) is -0.284. The third kappa shape index (κ3) is 51.4. The highest BCUT2D eigenvalue weighted by Crippen LogP contribution is 2.34. The minimum Gasteiger partial charge on any atom is -0.394 e. The lowest BCUT2D eigenvalue weighted by molar-refractivity contribution is -0.379. The molecule has 0 saturated carbocycles. The predicted molar refractivity (Wildman–Crippen MR) is 461 cm³/mol. The van der Waals surface area contributed by atoms with Gasteiger partial charge < -0.3 is 89.9 Å². The first-order valence-electron chi connectivity index (χ1n) is 46.5. The van der Waals surface area contributed by atoms with E-state index in [2.05, 4.69) is 104 Å². The molecule has 17 unspecified atom stereocenters. The van der Waals surface area contributed by atoms with Crippen LogP contribution in [-0.2, 0) is 33.2 Å². The van der Waals surface area contributed by atoms with Crippen LogP contribution in [0.1, 0.15) is 367 Å². The molecule has 3 heterocycles. The van der Waals surface area contributed by atoms with Crippen LogP contribution < -0.4 is 5.32 Å². The van der Waals surface area contributed by atoms with E-state index in [4.69, 9.17) is 28.4 Å². The van der Waals surface area contributed by atoms with Crippen LogP contribution >= 0.6 is 0 Å². The van der Waals surface area contributed by atoms with Crippen LogP contribution in [0.15, 0.2) is 97.2 Å². The standard InChI is InChI=1S/C95H169NO18/c1-3-5-7-9-11-13-15-17-19-21-23-25-27-29-31-33-34-35-36-37-38-39-40-41-42-43-44-45-47-49-51-53-55-57-59-61-63-65-67-69-71-73-83(101)96-78(79(100)72-70-68-66-64-62-60-58-56-54-52-50-48-46-32-30-28-26-24-22-20-18-16-14-12-10-8-6-4-2)77-109-93-89(107)86(104)91(81(75-98)111-93)114-95-90(108)87(105)92(82(76-99)112-95)113-94-88(106)85(103)84(102)80(74-97)110-94/h5,7,11,13,17,19,23,25,29,31,54,56,62,64,70,72,78-82,84-95,97-100,102-108H,3-4,6,8-10,12,14-16,18,20-22,24,26-28,30,32-53,55,57-61,63,65-69,71,73-77H2,1-2H3,(H,96,101)/b7-5-,13-11-,19-17-,25-23-,31-29-,56-54+,64-62+,72-70+. The summed E-state index contributed by atoms with van der Waals surface area (Å²) in [7, 11) is 0. The number of aliphatic hydroxyl groups is 11. The molecule has 19 nitrogen and oxygen atoms in total. The molecule has 3 aliphatic rings. The van der Waals surface area contributed by atoms with Gasteiger partial charge in [-0.25, -0.2) is 0 Å². The van der Waals surface area contributed by atoms with Crippen molar-refractivity contribution in [3.05, 3.63) is 97.2 Å². The van der Waals surface area contributed by atoms with E-state index in [9.17, 15) is 61.0 Å². The van der Waals surface area contributed by atoms with Gasteiger partial charge in [-0.15, -0.1) is 0 Å². The fourth-order valence-corrected chi connectivity index (χ4v) is 15.3. The van der Waals surface area contributed by atoms with Gasteiger partial charge in [0, 0.05) is 6.42 Å². The van der Waals surface area contributed by atoms with Gasteiger partial charge in [-0.1, -0.05) is 368 Å². The smallest absolute Gasteiger partial charge is 0.220 e. The molecule has 0 spiro atoms. The lowest BCUT2D eigenvalue weighted by atomic mass is 9.96. The lowest BCUT2D eigenvalue weighted by Crippen LogP contribution is -2.66. The molecule has 3 rings (SSSR count). The Morgan fingerprint density at radius 3 is 0.982 bits per heavy atom. The van der Waals surface area contributed by atoms with Crippen LogP contribution in [0.2, 0.25) is 0 Å². The Labute approximate surface area is 692 Å². The first kappa shape index (κ1) is 105. The molecule has 0 aliphatic carbocycles. The Balaban J connectivity index is 1.31. The molecule has 0 aromatic carbocycles. The molecule has 3 fully saturated rings. The Morgan fingerprint density at radius 1 is 0.325 bits per heavy atom. The molecule has 19 heteroatoms. The molecule has 17 atom stereocenters. The van der Waals surface area contributed by atoms with Crippen molar-refractivity contribution in [2.75, 3.05) is 26.4 Å². The molecule has 1 amide bonds. The number of unbranched alkanes of at least 4 members (excludes halogenated alkanes) is 45.